The molecule has 0 saturated heterocycles. The molecule has 4 rings (SSSR count). The largest absolute Gasteiger partial charge is 0.452 e. The molecule has 4 aromatic rings. The van der Waals surface area contributed by atoms with Gasteiger partial charge in [0.1, 0.15) is 0 Å². The van der Waals surface area contributed by atoms with Crippen LogP contribution in [0.15, 0.2) is 66.7 Å². The third-order valence-corrected chi connectivity index (χ3v) is 5.69. The number of amides is 1. The Morgan fingerprint density at radius 1 is 1.00 bits per heavy atom. The number of fused-ring (bicyclic) bond motifs is 1. The molecule has 0 fully saturated rings. The van der Waals surface area contributed by atoms with Crippen LogP contribution in [-0.2, 0) is 9.53 Å². The van der Waals surface area contributed by atoms with Gasteiger partial charge in [0, 0.05) is 28.3 Å². The van der Waals surface area contributed by atoms with Crippen LogP contribution in [0.1, 0.15) is 27.0 Å². The highest BCUT2D eigenvalue weighted by molar-refractivity contribution is 6.07. The number of ether oxygens (including phenoxy) is 1. The van der Waals surface area contributed by atoms with Crippen molar-refractivity contribution in [2.75, 3.05) is 11.9 Å². The number of para-hydroxylation sites is 1. The molecule has 0 radical (unpaired) electrons. The van der Waals surface area contributed by atoms with E-state index in [1.807, 2.05) is 49.4 Å². The number of carbonyl (C=O) groups excluding carboxylic acids is 2. The lowest BCUT2D eigenvalue weighted by Crippen LogP contribution is -2.21. The third kappa shape index (κ3) is 5.01. The van der Waals surface area contributed by atoms with Gasteiger partial charge in [0.05, 0.1) is 21.7 Å². The number of aromatic nitrogens is 1. The predicted molar refractivity (Wildman–Crippen MR) is 133 cm³/mol. The molecule has 0 aliphatic rings. The number of nitro groups is 1. The minimum atomic E-state index is -0.653. The van der Waals surface area contributed by atoms with E-state index in [-0.39, 0.29) is 11.4 Å². The van der Waals surface area contributed by atoms with Gasteiger partial charge in [0.15, 0.2) is 6.61 Å². The van der Waals surface area contributed by atoms with E-state index in [4.69, 9.17) is 9.72 Å². The Bertz CT molecular complexity index is 1460. The van der Waals surface area contributed by atoms with Gasteiger partial charge in [-0.15, -0.1) is 0 Å². The molecule has 0 spiro atoms. The van der Waals surface area contributed by atoms with E-state index in [9.17, 15) is 19.7 Å². The van der Waals surface area contributed by atoms with Crippen molar-refractivity contribution in [3.63, 3.8) is 0 Å². The van der Waals surface area contributed by atoms with E-state index in [1.165, 1.54) is 6.07 Å². The molecule has 35 heavy (non-hydrogen) atoms. The number of esters is 1. The van der Waals surface area contributed by atoms with Crippen LogP contribution in [-0.4, -0.2) is 28.4 Å². The molecule has 3 aromatic carbocycles. The van der Waals surface area contributed by atoms with Crippen LogP contribution < -0.4 is 5.32 Å². The van der Waals surface area contributed by atoms with Crippen molar-refractivity contribution in [2.45, 2.75) is 20.8 Å². The van der Waals surface area contributed by atoms with Gasteiger partial charge in [0.2, 0.25) is 0 Å². The summed E-state index contributed by atoms with van der Waals surface area (Å²) < 4.78 is 5.35. The molecule has 0 atom stereocenters. The first-order chi connectivity index (χ1) is 16.7. The molecular formula is C27H23N3O5. The quantitative estimate of drug-likeness (QED) is 0.226. The summed E-state index contributed by atoms with van der Waals surface area (Å²) in [7, 11) is 0. The number of nitro benzene ring substituents is 1. The highest BCUT2D eigenvalue weighted by atomic mass is 16.6. The first-order valence-corrected chi connectivity index (χ1v) is 10.9. The zero-order valence-corrected chi connectivity index (χ0v) is 19.5. The number of nitrogens with zero attached hydrogens (tertiary/aromatic N) is 2. The van der Waals surface area contributed by atoms with Crippen LogP contribution in [0.5, 0.6) is 0 Å². The summed E-state index contributed by atoms with van der Waals surface area (Å²) in [4.78, 5) is 40.9. The van der Waals surface area contributed by atoms with Gasteiger partial charge in [-0.3, -0.25) is 14.9 Å². The van der Waals surface area contributed by atoms with Gasteiger partial charge >= 0.3 is 5.97 Å². The van der Waals surface area contributed by atoms with Gasteiger partial charge < -0.3 is 10.1 Å². The molecule has 0 saturated carbocycles. The molecule has 0 aliphatic carbocycles. The van der Waals surface area contributed by atoms with Gasteiger partial charge in [-0.05, 0) is 38.5 Å². The molecule has 0 bridgehead atoms. The van der Waals surface area contributed by atoms with E-state index < -0.39 is 23.4 Å². The Morgan fingerprint density at radius 3 is 2.43 bits per heavy atom. The fourth-order valence-corrected chi connectivity index (χ4v) is 3.85. The highest BCUT2D eigenvalue weighted by Crippen LogP contribution is 2.30. The summed E-state index contributed by atoms with van der Waals surface area (Å²) in [5.74, 6) is -1.26. The smallest absolute Gasteiger partial charge is 0.339 e. The Kier molecular flexibility index (Phi) is 6.55. The summed E-state index contributed by atoms with van der Waals surface area (Å²) in [6.45, 7) is 4.86. The summed E-state index contributed by atoms with van der Waals surface area (Å²) in [6, 6.07) is 19.5. The Hall–Kier alpha value is -4.59. The van der Waals surface area contributed by atoms with Crippen LogP contribution in [0.2, 0.25) is 0 Å². The van der Waals surface area contributed by atoms with Crippen molar-refractivity contribution in [1.29, 1.82) is 0 Å². The number of aryl methyl sites for hydroxylation is 2. The number of hydrogen-bond acceptors (Lipinski definition) is 6. The predicted octanol–water partition coefficient (Wildman–Crippen LogP) is 5.53. The van der Waals surface area contributed by atoms with Gasteiger partial charge in [-0.2, -0.15) is 0 Å². The lowest BCUT2D eigenvalue weighted by Gasteiger charge is -2.14. The molecule has 1 N–H and O–H groups in total. The Labute approximate surface area is 201 Å². The topological polar surface area (TPSA) is 111 Å². The van der Waals surface area contributed by atoms with E-state index in [2.05, 4.69) is 5.32 Å². The lowest BCUT2D eigenvalue weighted by atomic mass is 9.97. The fourth-order valence-electron chi connectivity index (χ4n) is 3.85. The number of carbonyl (C=O) groups is 2. The number of anilines is 1. The number of hydrogen-bond donors (Lipinski definition) is 1. The van der Waals surface area contributed by atoms with Crippen molar-refractivity contribution in [3.8, 4) is 11.3 Å². The average Bonchev–Trinajstić information content (AvgIpc) is 2.84. The van der Waals surface area contributed by atoms with Gasteiger partial charge in [-0.25, -0.2) is 9.78 Å². The van der Waals surface area contributed by atoms with Crippen molar-refractivity contribution in [2.24, 2.45) is 0 Å². The molecule has 1 aromatic heterocycles. The van der Waals surface area contributed by atoms with Crippen LogP contribution >= 0.6 is 0 Å². The molecule has 1 amide bonds. The number of nitrogens with one attached hydrogen (secondary N) is 1. The molecule has 8 heteroatoms. The van der Waals surface area contributed by atoms with Crippen LogP contribution in [0.4, 0.5) is 11.4 Å². The van der Waals surface area contributed by atoms with Gasteiger partial charge in [-0.1, -0.05) is 54.1 Å². The maximum absolute atomic E-state index is 13.1. The van der Waals surface area contributed by atoms with E-state index >= 15 is 0 Å². The second-order valence-electron chi connectivity index (χ2n) is 8.23. The van der Waals surface area contributed by atoms with Crippen molar-refractivity contribution >= 4 is 34.2 Å². The third-order valence-electron chi connectivity index (χ3n) is 5.69. The molecule has 0 unspecified atom stereocenters. The summed E-state index contributed by atoms with van der Waals surface area (Å²) in [6.07, 6.45) is 0. The number of rotatable bonds is 6. The number of benzene rings is 3. The second-order valence-corrected chi connectivity index (χ2v) is 8.23. The van der Waals surface area contributed by atoms with E-state index in [0.29, 0.717) is 33.3 Å². The standard InChI is InChI=1S/C27H23N3O5/c1-16-8-11-19(12-9-16)26-18(3)25(21-6-4-5-7-22(21)29-26)27(32)35-15-24(31)28-20-13-10-17(2)23(14-20)30(33)34/h4-14H,15H2,1-3H3,(H,28,31). The van der Waals surface area contributed by atoms with Gasteiger partial charge in [0.25, 0.3) is 11.6 Å². The first kappa shape index (κ1) is 23.6. The first-order valence-electron chi connectivity index (χ1n) is 10.9. The lowest BCUT2D eigenvalue weighted by molar-refractivity contribution is -0.385. The number of pyridine rings is 1. The van der Waals surface area contributed by atoms with E-state index in [0.717, 1.165) is 11.1 Å². The van der Waals surface area contributed by atoms with Crippen molar-refractivity contribution in [1.82, 2.24) is 4.98 Å². The van der Waals surface area contributed by atoms with Crippen molar-refractivity contribution < 1.29 is 19.2 Å². The minimum absolute atomic E-state index is 0.109. The minimum Gasteiger partial charge on any atom is -0.452 e. The van der Waals surface area contributed by atoms with Crippen LogP contribution in [0, 0.1) is 30.9 Å². The molecule has 8 nitrogen and oxygen atoms in total. The maximum Gasteiger partial charge on any atom is 0.339 e. The molecule has 1 heterocycles. The van der Waals surface area contributed by atoms with E-state index in [1.54, 1.807) is 32.0 Å². The second kappa shape index (κ2) is 9.72. The Balaban J connectivity index is 1.58. The molecule has 0 aliphatic heterocycles. The zero-order chi connectivity index (χ0) is 25.1. The highest BCUT2D eigenvalue weighted by Gasteiger charge is 2.21. The Morgan fingerprint density at radius 2 is 1.71 bits per heavy atom. The van der Waals surface area contributed by atoms with Crippen LogP contribution in [0.3, 0.4) is 0 Å². The maximum atomic E-state index is 13.1. The zero-order valence-electron chi connectivity index (χ0n) is 19.5. The normalized spacial score (nSPS) is 10.7. The summed E-state index contributed by atoms with van der Waals surface area (Å²) >= 11 is 0. The SMILES string of the molecule is Cc1ccc(-c2nc3ccccc3c(C(=O)OCC(=O)Nc3ccc(C)c([N+](=O)[O-])c3)c2C)cc1. The molecular weight excluding hydrogens is 446 g/mol. The van der Waals surface area contributed by atoms with Crippen LogP contribution in [0.25, 0.3) is 22.2 Å². The summed E-state index contributed by atoms with van der Waals surface area (Å²) in [5.41, 5.74) is 4.87. The summed E-state index contributed by atoms with van der Waals surface area (Å²) in [5, 5.41) is 14.3. The molecule has 176 valence electrons. The monoisotopic (exact) mass is 469 g/mol. The average molecular weight is 469 g/mol. The fraction of sp³-hybridized carbons (Fsp3) is 0.148. The van der Waals surface area contributed by atoms with Crippen molar-refractivity contribution in [3.05, 3.63) is 99.1 Å².